The molecule has 0 radical (unpaired) electrons. The Kier molecular flexibility index (Phi) is 8.04. The number of ether oxygens (including phenoxy) is 1. The smallest absolute Gasteiger partial charge is 0.350 e. The molecule has 3 rings (SSSR count). The molecule has 7 heteroatoms. The molecule has 0 bridgehead atoms. The molecular weight excluding hydrogens is 421 g/mol. The Bertz CT molecular complexity index is 987. The molecule has 0 fully saturated rings. The van der Waals surface area contributed by atoms with Gasteiger partial charge >= 0.3 is 5.97 Å². The molecular formula is C23H22FNO3S2. The van der Waals surface area contributed by atoms with E-state index in [-0.39, 0.29) is 18.3 Å². The number of thioether (sulfide) groups is 1. The number of thiophene rings is 1. The summed E-state index contributed by atoms with van der Waals surface area (Å²) in [7, 11) is 0. The van der Waals surface area contributed by atoms with E-state index in [2.05, 4.69) is 5.32 Å². The third-order valence-corrected chi connectivity index (χ3v) is 6.42. The number of nitrogens with one attached hydrogen (secondary N) is 1. The summed E-state index contributed by atoms with van der Waals surface area (Å²) in [5, 5.41) is 2.86. The van der Waals surface area contributed by atoms with E-state index in [0.717, 1.165) is 21.1 Å². The van der Waals surface area contributed by atoms with Crippen molar-refractivity contribution in [3.8, 4) is 10.4 Å². The van der Waals surface area contributed by atoms with Crippen LogP contribution in [0.4, 0.5) is 10.1 Å². The first-order chi connectivity index (χ1) is 14.6. The number of hydrogen-bond donors (Lipinski definition) is 1. The first-order valence-corrected chi connectivity index (χ1v) is 11.4. The number of rotatable bonds is 9. The molecule has 30 heavy (non-hydrogen) atoms. The maximum atomic E-state index is 12.9. The molecule has 0 atom stereocenters. The van der Waals surface area contributed by atoms with Crippen molar-refractivity contribution in [2.24, 2.45) is 0 Å². The number of esters is 1. The second kappa shape index (κ2) is 10.9. The highest BCUT2D eigenvalue weighted by Crippen LogP contribution is 2.35. The molecule has 0 aliphatic rings. The van der Waals surface area contributed by atoms with Gasteiger partial charge in [-0.25, -0.2) is 9.18 Å². The van der Waals surface area contributed by atoms with Crippen molar-refractivity contribution in [2.75, 3.05) is 17.7 Å². The summed E-state index contributed by atoms with van der Waals surface area (Å²) in [5.41, 5.74) is 1.46. The number of amides is 1. The molecule has 1 aromatic heterocycles. The molecule has 0 aliphatic carbocycles. The molecule has 156 valence electrons. The number of benzene rings is 2. The van der Waals surface area contributed by atoms with E-state index in [9.17, 15) is 14.0 Å². The van der Waals surface area contributed by atoms with Crippen molar-refractivity contribution in [1.82, 2.24) is 0 Å². The summed E-state index contributed by atoms with van der Waals surface area (Å²) in [6.45, 7) is 2.02. The Morgan fingerprint density at radius 3 is 2.53 bits per heavy atom. The van der Waals surface area contributed by atoms with E-state index >= 15 is 0 Å². The third-order valence-electron chi connectivity index (χ3n) is 4.16. The van der Waals surface area contributed by atoms with Gasteiger partial charge in [0.25, 0.3) is 0 Å². The van der Waals surface area contributed by atoms with E-state index in [4.69, 9.17) is 4.74 Å². The maximum absolute atomic E-state index is 12.9. The Hall–Kier alpha value is -2.64. The summed E-state index contributed by atoms with van der Waals surface area (Å²) in [6.07, 6.45) is 0.991. The minimum absolute atomic E-state index is 0.155. The normalized spacial score (nSPS) is 10.6. The van der Waals surface area contributed by atoms with Gasteiger partial charge in [-0.05, 0) is 55.0 Å². The van der Waals surface area contributed by atoms with Gasteiger partial charge in [0.2, 0.25) is 5.91 Å². The summed E-state index contributed by atoms with van der Waals surface area (Å²) < 4.78 is 18.1. The Balaban J connectivity index is 1.60. The Morgan fingerprint density at radius 2 is 1.83 bits per heavy atom. The SMILES string of the molecule is CCOC(=O)c1sc(-c2ccccc2)cc1NC(=O)CCCSc1ccc(F)cc1. The zero-order valence-electron chi connectivity index (χ0n) is 16.5. The number of carbonyl (C=O) groups is 2. The van der Waals surface area contributed by atoms with E-state index in [1.54, 1.807) is 30.8 Å². The number of hydrogen-bond acceptors (Lipinski definition) is 5. The fourth-order valence-electron chi connectivity index (χ4n) is 2.74. The van der Waals surface area contributed by atoms with E-state index < -0.39 is 5.97 Å². The van der Waals surface area contributed by atoms with Crippen molar-refractivity contribution in [2.45, 2.75) is 24.7 Å². The average Bonchev–Trinajstić information content (AvgIpc) is 3.17. The number of carbonyl (C=O) groups excluding carboxylic acids is 2. The summed E-state index contributed by atoms with van der Waals surface area (Å²) >= 11 is 2.88. The van der Waals surface area contributed by atoms with Crippen LogP contribution in [0.2, 0.25) is 0 Å². The van der Waals surface area contributed by atoms with E-state index in [1.807, 2.05) is 36.4 Å². The lowest BCUT2D eigenvalue weighted by Gasteiger charge is -2.06. The van der Waals surface area contributed by atoms with Crippen LogP contribution in [-0.4, -0.2) is 24.2 Å². The van der Waals surface area contributed by atoms with E-state index in [1.165, 1.54) is 23.5 Å². The predicted octanol–water partition coefficient (Wildman–Crippen LogP) is 6.24. The molecule has 0 saturated heterocycles. The molecule has 0 unspecified atom stereocenters. The lowest BCUT2D eigenvalue weighted by atomic mass is 10.2. The van der Waals surface area contributed by atoms with Gasteiger partial charge in [-0.3, -0.25) is 4.79 Å². The number of halogens is 1. The molecule has 3 aromatic rings. The first-order valence-electron chi connectivity index (χ1n) is 9.61. The van der Waals surface area contributed by atoms with Crippen LogP contribution in [0.5, 0.6) is 0 Å². The van der Waals surface area contributed by atoms with Crippen LogP contribution in [0.1, 0.15) is 29.4 Å². The standard InChI is InChI=1S/C23H22FNO3S2/c1-2-28-23(27)22-19(15-20(30-22)16-7-4-3-5-8-16)25-21(26)9-6-14-29-18-12-10-17(24)11-13-18/h3-5,7-8,10-13,15H,2,6,9,14H2,1H3,(H,25,26). The molecule has 0 spiro atoms. The molecule has 0 saturated carbocycles. The van der Waals surface area contributed by atoms with Crippen LogP contribution in [-0.2, 0) is 9.53 Å². The van der Waals surface area contributed by atoms with E-state index in [0.29, 0.717) is 23.4 Å². The molecule has 1 amide bonds. The monoisotopic (exact) mass is 443 g/mol. The van der Waals surface area contributed by atoms with Crippen molar-refractivity contribution < 1.29 is 18.7 Å². The highest BCUT2D eigenvalue weighted by atomic mass is 32.2. The van der Waals surface area contributed by atoms with Crippen LogP contribution in [0, 0.1) is 5.82 Å². The fraction of sp³-hybridized carbons (Fsp3) is 0.217. The van der Waals surface area contributed by atoms with Crippen LogP contribution in [0.3, 0.4) is 0 Å². The minimum Gasteiger partial charge on any atom is -0.462 e. The summed E-state index contributed by atoms with van der Waals surface area (Å²) in [6, 6.07) is 17.8. The summed E-state index contributed by atoms with van der Waals surface area (Å²) in [5.74, 6) is -0.117. The second-order valence-corrected chi connectivity index (χ2v) is 8.61. The molecule has 2 aromatic carbocycles. The van der Waals surface area contributed by atoms with Crippen LogP contribution >= 0.6 is 23.1 Å². The van der Waals surface area contributed by atoms with Gasteiger partial charge < -0.3 is 10.1 Å². The molecule has 4 nitrogen and oxygen atoms in total. The van der Waals surface area contributed by atoms with Crippen molar-refractivity contribution in [3.05, 3.63) is 71.4 Å². The highest BCUT2D eigenvalue weighted by Gasteiger charge is 2.19. The molecule has 1 N–H and O–H groups in total. The fourth-order valence-corrected chi connectivity index (χ4v) is 4.61. The highest BCUT2D eigenvalue weighted by molar-refractivity contribution is 7.99. The second-order valence-electron chi connectivity index (χ2n) is 6.39. The topological polar surface area (TPSA) is 55.4 Å². The first kappa shape index (κ1) is 22.1. The minimum atomic E-state index is -0.438. The van der Waals surface area contributed by atoms with Crippen molar-refractivity contribution >= 4 is 40.7 Å². The molecule has 1 heterocycles. The zero-order chi connectivity index (χ0) is 21.3. The van der Waals surface area contributed by atoms with Crippen LogP contribution < -0.4 is 5.32 Å². The van der Waals surface area contributed by atoms with Crippen LogP contribution in [0.15, 0.2) is 65.6 Å². The lowest BCUT2D eigenvalue weighted by molar-refractivity contribution is -0.116. The molecule has 0 aliphatic heterocycles. The van der Waals surface area contributed by atoms with Gasteiger partial charge in [0.05, 0.1) is 12.3 Å². The maximum Gasteiger partial charge on any atom is 0.350 e. The summed E-state index contributed by atoms with van der Waals surface area (Å²) in [4.78, 5) is 27.0. The van der Waals surface area contributed by atoms with Gasteiger partial charge in [-0.2, -0.15) is 0 Å². The number of anilines is 1. The van der Waals surface area contributed by atoms with Gasteiger partial charge in [0, 0.05) is 16.2 Å². The zero-order valence-corrected chi connectivity index (χ0v) is 18.2. The van der Waals surface area contributed by atoms with Crippen molar-refractivity contribution in [1.29, 1.82) is 0 Å². The van der Waals surface area contributed by atoms with Gasteiger partial charge in [0.15, 0.2) is 0 Å². The van der Waals surface area contributed by atoms with Crippen LogP contribution in [0.25, 0.3) is 10.4 Å². The predicted molar refractivity (Wildman–Crippen MR) is 121 cm³/mol. The van der Waals surface area contributed by atoms with Crippen molar-refractivity contribution in [3.63, 3.8) is 0 Å². The van der Waals surface area contributed by atoms with Gasteiger partial charge in [-0.1, -0.05) is 30.3 Å². The van der Waals surface area contributed by atoms with Gasteiger partial charge in [0.1, 0.15) is 10.7 Å². The third kappa shape index (κ3) is 6.18. The average molecular weight is 444 g/mol. The van der Waals surface area contributed by atoms with Gasteiger partial charge in [-0.15, -0.1) is 23.1 Å². The Labute approximate surface area is 183 Å². The largest absolute Gasteiger partial charge is 0.462 e. The Morgan fingerprint density at radius 1 is 1.10 bits per heavy atom. The quantitative estimate of drug-likeness (QED) is 0.242. The lowest BCUT2D eigenvalue weighted by Crippen LogP contribution is -2.14.